The normalized spacial score (nSPS) is 11.1. The van der Waals surface area contributed by atoms with Gasteiger partial charge in [-0.25, -0.2) is 0 Å². The van der Waals surface area contributed by atoms with E-state index in [-0.39, 0.29) is 0 Å². The van der Waals surface area contributed by atoms with Gasteiger partial charge in [-0.3, -0.25) is 0 Å². The predicted octanol–water partition coefficient (Wildman–Crippen LogP) is 5.43. The first-order valence-corrected chi connectivity index (χ1v) is 27.0. The van der Waals surface area contributed by atoms with Crippen molar-refractivity contribution >= 4 is 69.3 Å². The Labute approximate surface area is 114 Å². The van der Waals surface area contributed by atoms with E-state index in [1.165, 1.54) is 12.8 Å². The van der Waals surface area contributed by atoms with Gasteiger partial charge in [-0.2, -0.15) is 0 Å². The molecule has 0 aliphatic rings. The van der Waals surface area contributed by atoms with Crippen LogP contribution in [0, 0.1) is 0 Å². The summed E-state index contributed by atoms with van der Waals surface area (Å²) in [6.07, 6.45) is 2.46. The molecule has 6 heteroatoms. The van der Waals surface area contributed by atoms with Crippen LogP contribution in [0.5, 0.6) is 0 Å². The van der Waals surface area contributed by atoms with Crippen LogP contribution in [-0.2, 0) is 0 Å². The zero-order valence-electron chi connectivity index (χ0n) is 9.12. The SMILES string of the molecule is CCC[CH2][SnH]([Cl])[Cl].C[CH2][Sn]([Cl])([Cl])[CH2]C. The van der Waals surface area contributed by atoms with E-state index in [4.69, 9.17) is 35.7 Å². The molecule has 0 amide bonds. The molecule has 0 N–H and O–H groups in total. The molecule has 0 saturated carbocycles. The molecule has 0 heterocycles. The predicted molar refractivity (Wildman–Crippen MR) is 77.0 cm³/mol. The fraction of sp³-hybridized carbons (Fsp3) is 1.00. The van der Waals surface area contributed by atoms with E-state index in [2.05, 4.69) is 20.8 Å². The molecule has 0 spiro atoms. The summed E-state index contributed by atoms with van der Waals surface area (Å²) in [4.78, 5) is 0. The van der Waals surface area contributed by atoms with Gasteiger partial charge >= 0.3 is 116 Å². The van der Waals surface area contributed by atoms with E-state index in [1.807, 2.05) is 0 Å². The van der Waals surface area contributed by atoms with Crippen molar-refractivity contribution in [1.82, 2.24) is 0 Å². The topological polar surface area (TPSA) is 0 Å². The summed E-state index contributed by atoms with van der Waals surface area (Å²) in [7, 11) is 23.0. The van der Waals surface area contributed by atoms with Gasteiger partial charge in [0.05, 0.1) is 0 Å². The van der Waals surface area contributed by atoms with Crippen molar-refractivity contribution in [3.63, 3.8) is 0 Å². The second kappa shape index (κ2) is 12.2. The van der Waals surface area contributed by atoms with Crippen molar-refractivity contribution in [1.29, 1.82) is 0 Å². The van der Waals surface area contributed by atoms with Gasteiger partial charge in [0.25, 0.3) is 0 Å². The molecule has 0 aliphatic carbocycles. The third-order valence-corrected chi connectivity index (χ3v) is 20.2. The number of halogens is 4. The van der Waals surface area contributed by atoms with Crippen molar-refractivity contribution in [2.75, 3.05) is 0 Å². The first-order chi connectivity index (χ1) is 6.39. The van der Waals surface area contributed by atoms with Gasteiger partial charge in [0.2, 0.25) is 0 Å². The molecular weight excluding hydrogens is 475 g/mol. The van der Waals surface area contributed by atoms with Gasteiger partial charge in [0.1, 0.15) is 0 Å². The Morgan fingerprint density at radius 3 is 1.50 bits per heavy atom. The summed E-state index contributed by atoms with van der Waals surface area (Å²) in [5.74, 6) is 0. The average Bonchev–Trinajstić information content (AvgIpc) is 2.15. The first-order valence-electron chi connectivity index (χ1n) is 5.05. The maximum atomic E-state index is 5.88. The molecule has 0 atom stereocenters. The van der Waals surface area contributed by atoms with Crippen molar-refractivity contribution < 1.29 is 0 Å². The van der Waals surface area contributed by atoms with Gasteiger partial charge in [0, 0.05) is 0 Å². The second-order valence-electron chi connectivity index (χ2n) is 3.10. The summed E-state index contributed by atoms with van der Waals surface area (Å²) in [6, 6.07) is 0. The minimum absolute atomic E-state index is 1.04. The fourth-order valence-electron chi connectivity index (χ4n) is 0.608. The molecule has 0 rings (SSSR count). The van der Waals surface area contributed by atoms with E-state index >= 15 is 0 Å². The molecule has 0 aromatic rings. The molecule has 0 aromatic carbocycles. The van der Waals surface area contributed by atoms with Crippen LogP contribution in [0.1, 0.15) is 33.6 Å². The fourth-order valence-corrected chi connectivity index (χ4v) is 6.15. The zero-order valence-corrected chi connectivity index (χ0v) is 18.3. The van der Waals surface area contributed by atoms with Gasteiger partial charge in [-0.05, 0) is 0 Å². The molecule has 0 fully saturated rings. The third kappa shape index (κ3) is 17.2. The molecule has 14 heavy (non-hydrogen) atoms. The van der Waals surface area contributed by atoms with Crippen LogP contribution < -0.4 is 0 Å². The summed E-state index contributed by atoms with van der Waals surface area (Å²) in [6.45, 7) is 6.29. The van der Waals surface area contributed by atoms with Crippen LogP contribution >= 0.6 is 35.7 Å². The number of rotatable bonds is 5. The van der Waals surface area contributed by atoms with Crippen LogP contribution in [0.3, 0.4) is 0 Å². The summed E-state index contributed by atoms with van der Waals surface area (Å²) >= 11 is -4.14. The van der Waals surface area contributed by atoms with Crippen LogP contribution in [0.25, 0.3) is 0 Å². The van der Waals surface area contributed by atoms with Crippen molar-refractivity contribution in [2.45, 2.75) is 46.9 Å². The van der Waals surface area contributed by atoms with Crippen molar-refractivity contribution in [2.24, 2.45) is 0 Å². The van der Waals surface area contributed by atoms with Gasteiger partial charge in [-0.1, -0.05) is 0 Å². The molecule has 88 valence electrons. The number of unbranched alkanes of at least 4 members (excludes halogenated alkanes) is 1. The van der Waals surface area contributed by atoms with Crippen LogP contribution in [0.15, 0.2) is 0 Å². The molecule has 0 aromatic heterocycles. The molecular formula is C8H20Cl4Sn2. The molecule has 0 radical (unpaired) electrons. The standard InChI is InChI=1S/C4H9.2C2H5.4ClH.2Sn.H/c1-3-4-2;2*1-2;;;;;;;/h1,3-4H2,2H3;2*1H2,2H3;4*1H;;;/q;;;;;;;2*+2;/p-4. The minimum atomic E-state index is -2.34. The molecule has 0 bridgehead atoms. The maximum absolute atomic E-state index is 5.88. The Morgan fingerprint density at radius 2 is 1.43 bits per heavy atom. The van der Waals surface area contributed by atoms with Crippen molar-refractivity contribution in [3.05, 3.63) is 0 Å². The summed E-state index contributed by atoms with van der Waals surface area (Å²) < 4.78 is 3.21. The van der Waals surface area contributed by atoms with Crippen LogP contribution in [0.4, 0.5) is 0 Å². The van der Waals surface area contributed by atoms with E-state index < -0.39 is 33.6 Å². The Hall–Kier alpha value is 2.76. The third-order valence-electron chi connectivity index (χ3n) is 1.81. The molecule has 0 saturated heterocycles. The number of hydrogen-bond donors (Lipinski definition) is 0. The monoisotopic (exact) mass is 496 g/mol. The molecule has 0 nitrogen and oxygen atoms in total. The van der Waals surface area contributed by atoms with Gasteiger partial charge in [0.15, 0.2) is 0 Å². The summed E-state index contributed by atoms with van der Waals surface area (Å²) in [5.41, 5.74) is 0. The zero-order chi connectivity index (χ0) is 11.6. The quantitative estimate of drug-likeness (QED) is 0.447. The van der Waals surface area contributed by atoms with Crippen molar-refractivity contribution in [3.8, 4) is 0 Å². The second-order valence-corrected chi connectivity index (χ2v) is 35.5. The van der Waals surface area contributed by atoms with E-state index in [0.29, 0.717) is 0 Å². The Morgan fingerprint density at radius 1 is 1.00 bits per heavy atom. The molecule has 0 unspecified atom stereocenters. The van der Waals surface area contributed by atoms with E-state index in [0.717, 1.165) is 13.3 Å². The van der Waals surface area contributed by atoms with E-state index in [1.54, 1.807) is 0 Å². The number of hydrogen-bond acceptors (Lipinski definition) is 0. The first kappa shape index (κ1) is 19.1. The Kier molecular flexibility index (Phi) is 16.7. The van der Waals surface area contributed by atoms with Gasteiger partial charge in [-0.15, -0.1) is 0 Å². The van der Waals surface area contributed by atoms with Crippen LogP contribution in [0.2, 0.25) is 13.3 Å². The van der Waals surface area contributed by atoms with Crippen LogP contribution in [-0.4, -0.2) is 33.6 Å². The summed E-state index contributed by atoms with van der Waals surface area (Å²) in [5, 5.41) is 0. The van der Waals surface area contributed by atoms with Gasteiger partial charge < -0.3 is 0 Å². The molecule has 0 aliphatic heterocycles. The Balaban J connectivity index is 0. The Bertz CT molecular complexity index is 114. The van der Waals surface area contributed by atoms with E-state index in [9.17, 15) is 0 Å². The average molecular weight is 495 g/mol.